The van der Waals surface area contributed by atoms with Crippen molar-refractivity contribution in [3.8, 4) is 0 Å². The second kappa shape index (κ2) is 8.08. The fraction of sp³-hybridized carbons (Fsp3) is 0. The topological polar surface area (TPSA) is 39.0 Å². The number of benzene rings is 2. The number of anilines is 1. The van der Waals surface area contributed by atoms with Gasteiger partial charge in [0.2, 0.25) is 5.70 Å². The molecule has 0 aliphatic rings. The zero-order valence-corrected chi connectivity index (χ0v) is 15.1. The van der Waals surface area contributed by atoms with Crippen LogP contribution < -0.4 is 15.0 Å². The Morgan fingerprint density at radius 2 is 1.69 bits per heavy atom. The molecule has 3 rings (SSSR count). The number of aromatic nitrogens is 1. The molecule has 0 aliphatic heterocycles. The van der Waals surface area contributed by atoms with Gasteiger partial charge in [-0.3, -0.25) is 0 Å². The van der Waals surface area contributed by atoms with Crippen LogP contribution in [0.3, 0.4) is 0 Å². The van der Waals surface area contributed by atoms with E-state index in [1.165, 1.54) is 24.3 Å². The zero-order valence-electron chi connectivity index (χ0n) is 13.5. The van der Waals surface area contributed by atoms with Gasteiger partial charge in [0.15, 0.2) is 17.4 Å². The quantitative estimate of drug-likeness (QED) is 0.321. The molecule has 1 heterocycles. The SMILES string of the molecule is [O-]C(=C(C(=S)Nc1cccc(Cl)c1)[n+]1ccccc1)c1ccc(F)cc1. The van der Waals surface area contributed by atoms with Crippen LogP contribution in [0.25, 0.3) is 11.5 Å². The van der Waals surface area contributed by atoms with Crippen molar-refractivity contribution in [1.29, 1.82) is 0 Å². The maximum absolute atomic E-state index is 13.2. The minimum Gasteiger partial charge on any atom is -0.867 e. The van der Waals surface area contributed by atoms with Crippen molar-refractivity contribution in [2.45, 2.75) is 0 Å². The molecular formula is C20H14ClFN2OS. The van der Waals surface area contributed by atoms with Crippen LogP contribution in [-0.4, -0.2) is 4.99 Å². The monoisotopic (exact) mass is 384 g/mol. The summed E-state index contributed by atoms with van der Waals surface area (Å²) in [4.78, 5) is 0.234. The number of thiocarbonyl (C=S) groups is 1. The highest BCUT2D eigenvalue weighted by molar-refractivity contribution is 7.81. The molecule has 0 saturated heterocycles. The Labute approximate surface area is 161 Å². The van der Waals surface area contributed by atoms with Crippen molar-refractivity contribution in [2.24, 2.45) is 0 Å². The van der Waals surface area contributed by atoms with Crippen molar-refractivity contribution in [2.75, 3.05) is 5.32 Å². The van der Waals surface area contributed by atoms with E-state index in [1.807, 2.05) is 6.07 Å². The molecule has 1 N–H and O–H groups in total. The van der Waals surface area contributed by atoms with Gasteiger partial charge < -0.3 is 10.4 Å². The molecule has 6 heteroatoms. The lowest BCUT2D eigenvalue weighted by molar-refractivity contribution is -0.577. The van der Waals surface area contributed by atoms with Crippen LogP contribution in [0, 0.1) is 5.82 Å². The second-order valence-corrected chi connectivity index (χ2v) is 6.28. The maximum Gasteiger partial charge on any atom is 0.238 e. The normalized spacial score (nSPS) is 11.6. The highest BCUT2D eigenvalue weighted by Gasteiger charge is 2.18. The summed E-state index contributed by atoms with van der Waals surface area (Å²) in [5.41, 5.74) is 1.27. The smallest absolute Gasteiger partial charge is 0.238 e. The van der Waals surface area contributed by atoms with Gasteiger partial charge in [0.1, 0.15) is 5.82 Å². The van der Waals surface area contributed by atoms with E-state index in [2.05, 4.69) is 5.32 Å². The number of nitrogens with one attached hydrogen (secondary N) is 1. The number of nitrogens with zero attached hydrogens (tertiary/aromatic N) is 1. The molecule has 0 bridgehead atoms. The molecule has 0 unspecified atom stereocenters. The molecule has 0 radical (unpaired) electrons. The van der Waals surface area contributed by atoms with E-state index in [0.717, 1.165) is 0 Å². The maximum atomic E-state index is 13.2. The number of hydrogen-bond donors (Lipinski definition) is 1. The summed E-state index contributed by atoms with van der Waals surface area (Å²) in [5, 5.41) is 16.6. The molecule has 3 aromatic rings. The Kier molecular flexibility index (Phi) is 5.61. The lowest BCUT2D eigenvalue weighted by atomic mass is 10.1. The van der Waals surface area contributed by atoms with E-state index in [4.69, 9.17) is 23.8 Å². The third-order valence-corrected chi connectivity index (χ3v) is 4.12. The van der Waals surface area contributed by atoms with Crippen LogP contribution in [0.2, 0.25) is 5.02 Å². The summed E-state index contributed by atoms with van der Waals surface area (Å²) in [6.45, 7) is 0. The molecule has 0 amide bonds. The first-order chi connectivity index (χ1) is 12.5. The predicted octanol–water partition coefficient (Wildman–Crippen LogP) is 3.89. The second-order valence-electron chi connectivity index (χ2n) is 5.43. The molecule has 3 nitrogen and oxygen atoms in total. The number of rotatable bonds is 4. The highest BCUT2D eigenvalue weighted by Crippen LogP contribution is 2.19. The Morgan fingerprint density at radius 3 is 2.35 bits per heavy atom. The van der Waals surface area contributed by atoms with Crippen molar-refractivity contribution in [1.82, 2.24) is 0 Å². The average Bonchev–Trinajstić information content (AvgIpc) is 2.63. The van der Waals surface area contributed by atoms with Gasteiger partial charge in [-0.15, -0.1) is 0 Å². The summed E-state index contributed by atoms with van der Waals surface area (Å²) in [7, 11) is 0. The predicted molar refractivity (Wildman–Crippen MR) is 104 cm³/mol. The van der Waals surface area contributed by atoms with E-state index >= 15 is 0 Å². The molecule has 0 fully saturated rings. The molecule has 0 aliphatic carbocycles. The Bertz CT molecular complexity index is 959. The lowest BCUT2D eigenvalue weighted by Gasteiger charge is -2.17. The van der Waals surface area contributed by atoms with Gasteiger partial charge in [0, 0.05) is 22.8 Å². The highest BCUT2D eigenvalue weighted by atomic mass is 35.5. The van der Waals surface area contributed by atoms with Crippen LogP contribution in [-0.2, 0) is 0 Å². The Morgan fingerprint density at radius 1 is 1.00 bits per heavy atom. The van der Waals surface area contributed by atoms with Crippen LogP contribution >= 0.6 is 23.8 Å². The van der Waals surface area contributed by atoms with Gasteiger partial charge in [-0.2, -0.15) is 4.57 Å². The molecule has 26 heavy (non-hydrogen) atoms. The summed E-state index contributed by atoms with van der Waals surface area (Å²) in [5.74, 6) is -0.726. The molecule has 130 valence electrons. The van der Waals surface area contributed by atoms with Gasteiger partial charge in [-0.25, -0.2) is 4.39 Å². The third kappa shape index (κ3) is 4.25. The number of pyridine rings is 1. The minimum atomic E-state index is -0.407. The largest absolute Gasteiger partial charge is 0.867 e. The van der Waals surface area contributed by atoms with E-state index in [-0.39, 0.29) is 16.4 Å². The van der Waals surface area contributed by atoms with Crippen LogP contribution in [0.1, 0.15) is 5.56 Å². The zero-order chi connectivity index (χ0) is 18.5. The molecule has 0 atom stereocenters. The van der Waals surface area contributed by atoms with Gasteiger partial charge in [0.05, 0.1) is 0 Å². The van der Waals surface area contributed by atoms with Gasteiger partial charge in [-0.05, 0) is 41.7 Å². The summed E-state index contributed by atoms with van der Waals surface area (Å²) in [6, 6.07) is 17.8. The van der Waals surface area contributed by atoms with Crippen molar-refractivity contribution in [3.63, 3.8) is 0 Å². The lowest BCUT2D eigenvalue weighted by Crippen LogP contribution is -2.39. The number of halogens is 2. The van der Waals surface area contributed by atoms with E-state index in [0.29, 0.717) is 16.3 Å². The first-order valence-electron chi connectivity index (χ1n) is 7.75. The summed E-state index contributed by atoms with van der Waals surface area (Å²) in [6.07, 6.45) is 3.45. The van der Waals surface area contributed by atoms with Gasteiger partial charge in [0.25, 0.3) is 0 Å². The van der Waals surface area contributed by atoms with Crippen LogP contribution in [0.4, 0.5) is 10.1 Å². The first kappa shape index (κ1) is 18.0. The summed E-state index contributed by atoms with van der Waals surface area (Å²) < 4.78 is 14.8. The molecule has 0 spiro atoms. The van der Waals surface area contributed by atoms with E-state index in [9.17, 15) is 9.50 Å². The third-order valence-electron chi connectivity index (χ3n) is 3.59. The fourth-order valence-corrected chi connectivity index (χ4v) is 2.89. The van der Waals surface area contributed by atoms with E-state index < -0.39 is 5.82 Å². The Balaban J connectivity index is 2.05. The molecular weight excluding hydrogens is 371 g/mol. The average molecular weight is 385 g/mol. The fourth-order valence-electron chi connectivity index (χ4n) is 2.38. The van der Waals surface area contributed by atoms with Gasteiger partial charge >= 0.3 is 0 Å². The van der Waals surface area contributed by atoms with Crippen LogP contribution in [0.5, 0.6) is 0 Å². The molecule has 2 aromatic carbocycles. The van der Waals surface area contributed by atoms with E-state index in [1.54, 1.807) is 53.4 Å². The molecule has 1 aromatic heterocycles. The van der Waals surface area contributed by atoms with Crippen molar-refractivity contribution >= 4 is 46.0 Å². The first-order valence-corrected chi connectivity index (χ1v) is 8.54. The molecule has 0 saturated carbocycles. The van der Waals surface area contributed by atoms with Crippen LogP contribution in [0.15, 0.2) is 79.1 Å². The minimum absolute atomic E-state index is 0.234. The summed E-state index contributed by atoms with van der Waals surface area (Å²) >= 11 is 11.5. The van der Waals surface area contributed by atoms with Crippen molar-refractivity contribution in [3.05, 3.63) is 95.5 Å². The standard InChI is InChI=1S/C20H14ClFN2OS/c21-15-5-4-6-17(13-15)23-20(26)18(24-11-2-1-3-12-24)19(25)14-7-9-16(22)10-8-14/h1-13H,(H-,23,25,26). The Hall–Kier alpha value is -2.76. The van der Waals surface area contributed by atoms with Gasteiger partial charge in [-0.1, -0.05) is 48.1 Å². The van der Waals surface area contributed by atoms with Crippen molar-refractivity contribution < 1.29 is 14.1 Å². The number of hydrogen-bond acceptors (Lipinski definition) is 2.